The lowest BCUT2D eigenvalue weighted by molar-refractivity contribution is -0.385. The monoisotopic (exact) mass is 395 g/mol. The number of carbonyl (C=O) groups excluding carboxylic acids is 3. The maximum absolute atomic E-state index is 12.9. The zero-order chi connectivity index (χ0) is 21.3. The number of carbonyl (C=O) groups is 3. The van der Waals surface area contributed by atoms with Crippen LogP contribution in [0.1, 0.15) is 16.7 Å². The minimum Gasteiger partial charge on any atom is -0.490 e. The van der Waals surface area contributed by atoms with Crippen molar-refractivity contribution < 1.29 is 24.0 Å². The lowest BCUT2D eigenvalue weighted by atomic mass is 10.0. The predicted molar refractivity (Wildman–Crippen MR) is 105 cm³/mol. The summed E-state index contributed by atoms with van der Waals surface area (Å²) in [5.74, 6) is -1.65. The first-order valence-corrected chi connectivity index (χ1v) is 8.54. The molecule has 0 spiro atoms. The summed E-state index contributed by atoms with van der Waals surface area (Å²) in [6.45, 7) is 3.62. The van der Waals surface area contributed by atoms with Crippen molar-refractivity contribution in [1.29, 1.82) is 0 Å². The van der Waals surface area contributed by atoms with Crippen molar-refractivity contribution in [2.75, 3.05) is 12.0 Å². The number of nitrogens with one attached hydrogen (secondary N) is 1. The van der Waals surface area contributed by atoms with Crippen LogP contribution >= 0.6 is 0 Å². The van der Waals surface area contributed by atoms with Crippen LogP contribution in [0.25, 0.3) is 6.08 Å². The van der Waals surface area contributed by atoms with Crippen molar-refractivity contribution in [3.63, 3.8) is 0 Å². The number of ether oxygens (including phenoxy) is 1. The van der Waals surface area contributed by atoms with Crippen molar-refractivity contribution in [3.8, 4) is 5.75 Å². The molecule has 3 rings (SSSR count). The van der Waals surface area contributed by atoms with Crippen molar-refractivity contribution in [2.45, 2.75) is 13.8 Å². The molecule has 1 fully saturated rings. The van der Waals surface area contributed by atoms with E-state index in [0.29, 0.717) is 11.3 Å². The fourth-order valence-corrected chi connectivity index (χ4v) is 3.04. The van der Waals surface area contributed by atoms with Gasteiger partial charge in [-0.2, -0.15) is 0 Å². The minimum atomic E-state index is -0.875. The second-order valence-electron chi connectivity index (χ2n) is 6.44. The van der Waals surface area contributed by atoms with E-state index in [1.165, 1.54) is 31.4 Å². The summed E-state index contributed by atoms with van der Waals surface area (Å²) in [5.41, 5.74) is 1.59. The summed E-state index contributed by atoms with van der Waals surface area (Å²) in [4.78, 5) is 49.0. The Hall–Kier alpha value is -4.01. The SMILES string of the molecule is COc1ccc(/C=C2\C(=O)NC(=O)N(c3ccc(C)cc3C)C2=O)cc1[N+](=O)[O-]. The molecule has 1 aliphatic heterocycles. The van der Waals surface area contributed by atoms with Gasteiger partial charge in [0.25, 0.3) is 11.8 Å². The van der Waals surface area contributed by atoms with E-state index in [0.717, 1.165) is 10.5 Å². The second-order valence-corrected chi connectivity index (χ2v) is 6.44. The number of rotatable bonds is 4. The first-order valence-electron chi connectivity index (χ1n) is 8.54. The Labute approximate surface area is 165 Å². The molecule has 0 saturated carbocycles. The molecule has 1 aliphatic rings. The number of amides is 4. The van der Waals surface area contributed by atoms with Gasteiger partial charge in [-0.25, -0.2) is 9.69 Å². The smallest absolute Gasteiger partial charge is 0.335 e. The van der Waals surface area contributed by atoms with Crippen molar-refractivity contribution in [2.24, 2.45) is 0 Å². The Balaban J connectivity index is 2.06. The highest BCUT2D eigenvalue weighted by Gasteiger charge is 2.37. The summed E-state index contributed by atoms with van der Waals surface area (Å²) in [6.07, 6.45) is 1.20. The summed E-state index contributed by atoms with van der Waals surface area (Å²) >= 11 is 0. The summed E-state index contributed by atoms with van der Waals surface area (Å²) < 4.78 is 4.94. The number of aryl methyl sites for hydroxylation is 2. The van der Waals surface area contributed by atoms with Gasteiger partial charge in [-0.15, -0.1) is 0 Å². The molecule has 0 bridgehead atoms. The molecular weight excluding hydrogens is 378 g/mol. The van der Waals surface area contributed by atoms with Crippen LogP contribution in [0.3, 0.4) is 0 Å². The van der Waals surface area contributed by atoms with Gasteiger partial charge in [0.2, 0.25) is 0 Å². The number of imide groups is 2. The van der Waals surface area contributed by atoms with Crippen LogP contribution in [0.15, 0.2) is 42.0 Å². The molecule has 148 valence electrons. The number of methoxy groups -OCH3 is 1. The Kier molecular flexibility index (Phi) is 5.14. The molecule has 0 aromatic heterocycles. The molecule has 1 heterocycles. The Morgan fingerprint density at radius 2 is 1.83 bits per heavy atom. The van der Waals surface area contributed by atoms with Crippen molar-refractivity contribution in [1.82, 2.24) is 5.32 Å². The van der Waals surface area contributed by atoms with Gasteiger partial charge in [-0.1, -0.05) is 23.8 Å². The largest absolute Gasteiger partial charge is 0.490 e. The van der Waals surface area contributed by atoms with Gasteiger partial charge >= 0.3 is 11.7 Å². The predicted octanol–water partition coefficient (Wildman–Crippen LogP) is 2.89. The number of barbiturate groups is 1. The Morgan fingerprint density at radius 1 is 1.10 bits per heavy atom. The Morgan fingerprint density at radius 3 is 2.45 bits per heavy atom. The van der Waals surface area contributed by atoms with Gasteiger partial charge in [-0.3, -0.25) is 25.0 Å². The fraction of sp³-hybridized carbons (Fsp3) is 0.150. The molecule has 9 heteroatoms. The van der Waals surface area contributed by atoms with Gasteiger partial charge in [-0.05, 0) is 43.2 Å². The first-order chi connectivity index (χ1) is 13.7. The highest BCUT2D eigenvalue weighted by atomic mass is 16.6. The third-order valence-corrected chi connectivity index (χ3v) is 4.41. The number of nitro benzene ring substituents is 1. The molecule has 2 aromatic rings. The number of hydrogen-bond acceptors (Lipinski definition) is 6. The van der Waals surface area contributed by atoms with Crippen LogP contribution < -0.4 is 15.0 Å². The topological polar surface area (TPSA) is 119 Å². The molecular formula is C20H17N3O6. The number of hydrogen-bond donors (Lipinski definition) is 1. The fourth-order valence-electron chi connectivity index (χ4n) is 3.04. The summed E-state index contributed by atoms with van der Waals surface area (Å²) in [5, 5.41) is 13.3. The van der Waals surface area contributed by atoms with Crippen molar-refractivity contribution in [3.05, 3.63) is 68.8 Å². The van der Waals surface area contributed by atoms with Crippen LogP contribution in [0.4, 0.5) is 16.2 Å². The second kappa shape index (κ2) is 7.55. The van der Waals surface area contributed by atoms with Gasteiger partial charge in [0.1, 0.15) is 5.57 Å². The van der Waals surface area contributed by atoms with E-state index in [9.17, 15) is 24.5 Å². The number of urea groups is 1. The van der Waals surface area contributed by atoms with E-state index < -0.39 is 22.8 Å². The molecule has 0 radical (unpaired) electrons. The molecule has 1 saturated heterocycles. The molecule has 9 nitrogen and oxygen atoms in total. The highest BCUT2D eigenvalue weighted by Crippen LogP contribution is 2.30. The molecule has 0 aliphatic carbocycles. The average Bonchev–Trinajstić information content (AvgIpc) is 2.66. The molecule has 1 N–H and O–H groups in total. The summed E-state index contributed by atoms with van der Waals surface area (Å²) in [6, 6.07) is 8.33. The number of nitro groups is 1. The van der Waals surface area contributed by atoms with Gasteiger partial charge in [0.05, 0.1) is 17.7 Å². The molecule has 29 heavy (non-hydrogen) atoms. The number of nitrogens with zero attached hydrogens (tertiary/aromatic N) is 2. The van der Waals surface area contributed by atoms with E-state index in [4.69, 9.17) is 4.74 Å². The zero-order valence-corrected chi connectivity index (χ0v) is 15.9. The van der Waals surface area contributed by atoms with Crippen LogP contribution in [-0.2, 0) is 9.59 Å². The molecule has 2 aromatic carbocycles. The van der Waals surface area contributed by atoms with Crippen molar-refractivity contribution >= 4 is 35.3 Å². The van der Waals surface area contributed by atoms with E-state index in [2.05, 4.69) is 5.32 Å². The molecule has 0 atom stereocenters. The number of anilines is 1. The normalized spacial score (nSPS) is 15.5. The van der Waals surface area contributed by atoms with Crippen LogP contribution in [0.2, 0.25) is 0 Å². The maximum Gasteiger partial charge on any atom is 0.335 e. The standard InChI is InChI=1S/C20H17N3O6/c1-11-4-6-15(12(2)8-11)22-19(25)14(18(24)21-20(22)26)9-13-5-7-17(29-3)16(10-13)23(27)28/h4-10H,1-3H3,(H,21,24,26)/b14-9+. The van der Waals surface area contributed by atoms with Crippen LogP contribution in [-0.4, -0.2) is 29.9 Å². The minimum absolute atomic E-state index is 0.0451. The van der Waals surface area contributed by atoms with E-state index in [1.807, 2.05) is 13.0 Å². The molecule has 4 amide bonds. The van der Waals surface area contributed by atoms with Crippen LogP contribution in [0.5, 0.6) is 5.75 Å². The zero-order valence-electron chi connectivity index (χ0n) is 15.9. The first kappa shape index (κ1) is 19.7. The highest BCUT2D eigenvalue weighted by molar-refractivity contribution is 6.39. The lowest BCUT2D eigenvalue weighted by Crippen LogP contribution is -2.54. The third kappa shape index (κ3) is 3.70. The lowest BCUT2D eigenvalue weighted by Gasteiger charge is -2.27. The van der Waals surface area contributed by atoms with Gasteiger partial charge in [0.15, 0.2) is 5.75 Å². The maximum atomic E-state index is 12.9. The van der Waals surface area contributed by atoms with E-state index in [-0.39, 0.29) is 22.6 Å². The third-order valence-electron chi connectivity index (χ3n) is 4.41. The van der Waals surface area contributed by atoms with E-state index >= 15 is 0 Å². The Bertz CT molecular complexity index is 1090. The van der Waals surface area contributed by atoms with Crippen LogP contribution in [0, 0.1) is 24.0 Å². The van der Waals surface area contributed by atoms with E-state index in [1.54, 1.807) is 19.1 Å². The summed E-state index contributed by atoms with van der Waals surface area (Å²) in [7, 11) is 1.30. The molecule has 0 unspecified atom stereocenters. The quantitative estimate of drug-likeness (QED) is 0.368. The van der Waals surface area contributed by atoms with Gasteiger partial charge in [0, 0.05) is 6.07 Å². The van der Waals surface area contributed by atoms with Gasteiger partial charge < -0.3 is 4.74 Å². The average molecular weight is 395 g/mol. The number of benzene rings is 2.